The Kier molecular flexibility index (Phi) is 10.4. The van der Waals surface area contributed by atoms with Gasteiger partial charge in [-0.2, -0.15) is 0 Å². The molecule has 0 aliphatic heterocycles. The fraction of sp³-hybridized carbons (Fsp3) is 0.387. The molecule has 0 spiro atoms. The van der Waals surface area contributed by atoms with E-state index in [4.69, 9.17) is 10.1 Å². The summed E-state index contributed by atoms with van der Waals surface area (Å²) in [7, 11) is 0. The zero-order valence-corrected chi connectivity index (χ0v) is 24.1. The molecule has 0 unspecified atom stereocenters. The number of nitrogens with zero attached hydrogens (tertiary/aromatic N) is 4. The van der Waals surface area contributed by atoms with Crippen molar-refractivity contribution < 1.29 is 14.7 Å². The summed E-state index contributed by atoms with van der Waals surface area (Å²) in [5.41, 5.74) is 2.38. The van der Waals surface area contributed by atoms with Gasteiger partial charge in [0.25, 0.3) is 5.56 Å². The minimum absolute atomic E-state index is 0.139. The average molecular weight is 575 g/mol. The van der Waals surface area contributed by atoms with Crippen molar-refractivity contribution in [3.8, 4) is 0 Å². The molecular weight excluding hydrogens is 536 g/mol. The highest BCUT2D eigenvalue weighted by molar-refractivity contribution is 5.93. The van der Waals surface area contributed by atoms with Crippen molar-refractivity contribution >= 4 is 28.7 Å². The molecule has 0 atom stereocenters. The SMILES string of the molecule is CCCn1c(=O)c2c(nc(Cc3ccccc3)n2CCNCC)n(CCc2ccccc2NC(=O)CCC(=O)O)c1=O. The predicted molar refractivity (Wildman–Crippen MR) is 162 cm³/mol. The first-order valence-corrected chi connectivity index (χ1v) is 14.4. The first kappa shape index (κ1) is 30.4. The Balaban J connectivity index is 1.76. The zero-order valence-electron chi connectivity index (χ0n) is 24.1. The van der Waals surface area contributed by atoms with E-state index in [1.165, 1.54) is 4.57 Å². The number of nitrogens with one attached hydrogen (secondary N) is 2. The summed E-state index contributed by atoms with van der Waals surface area (Å²) in [4.78, 5) is 55.6. The van der Waals surface area contributed by atoms with Crippen molar-refractivity contribution in [2.75, 3.05) is 18.4 Å². The number of fused-ring (bicyclic) bond motifs is 1. The van der Waals surface area contributed by atoms with Gasteiger partial charge in [0, 0.05) is 44.7 Å². The number of likely N-dealkylation sites (N-methyl/N-ethyl adjacent to an activating group) is 1. The topological polar surface area (TPSA) is 140 Å². The standard InChI is InChI=1S/C31H38N6O5/c1-3-18-37-30(41)28-29(34-25(35(28)20-17-32-4-2)21-22-10-6-5-7-11-22)36(31(37)42)19-16-23-12-8-9-13-24(23)33-26(38)14-15-27(39)40/h5-13,32H,3-4,14-21H2,1-2H3,(H,33,38)(H,39,40). The number of carbonyl (C=O) groups is 2. The van der Waals surface area contributed by atoms with Crippen LogP contribution in [-0.4, -0.2) is 48.8 Å². The molecule has 0 bridgehead atoms. The number of imidazole rings is 1. The normalized spacial score (nSPS) is 11.2. The molecule has 0 aliphatic carbocycles. The second-order valence-corrected chi connectivity index (χ2v) is 10.1. The van der Waals surface area contributed by atoms with E-state index in [1.807, 2.05) is 60.9 Å². The lowest BCUT2D eigenvalue weighted by atomic mass is 10.1. The van der Waals surface area contributed by atoms with Gasteiger partial charge in [-0.25, -0.2) is 9.78 Å². The Morgan fingerprint density at radius 1 is 0.881 bits per heavy atom. The number of rotatable bonds is 15. The maximum atomic E-state index is 13.7. The van der Waals surface area contributed by atoms with Gasteiger partial charge < -0.3 is 20.3 Å². The molecule has 4 aromatic rings. The van der Waals surface area contributed by atoms with Crippen LogP contribution >= 0.6 is 0 Å². The summed E-state index contributed by atoms with van der Waals surface area (Å²) in [5.74, 6) is -0.730. The number of para-hydroxylation sites is 1. The molecule has 0 radical (unpaired) electrons. The first-order chi connectivity index (χ1) is 20.3. The quantitative estimate of drug-likeness (QED) is 0.185. The minimum Gasteiger partial charge on any atom is -0.481 e. The number of hydrogen-bond acceptors (Lipinski definition) is 6. The lowest BCUT2D eigenvalue weighted by Crippen LogP contribution is -2.41. The average Bonchev–Trinajstić information content (AvgIpc) is 3.33. The molecule has 42 heavy (non-hydrogen) atoms. The summed E-state index contributed by atoms with van der Waals surface area (Å²) in [5, 5.41) is 15.0. The van der Waals surface area contributed by atoms with Gasteiger partial charge in [0.2, 0.25) is 5.91 Å². The number of hydrogen-bond donors (Lipinski definition) is 3. The van der Waals surface area contributed by atoms with Crippen LogP contribution in [0.4, 0.5) is 5.69 Å². The van der Waals surface area contributed by atoms with Gasteiger partial charge in [-0.1, -0.05) is 62.4 Å². The van der Waals surface area contributed by atoms with Crippen LogP contribution in [0.3, 0.4) is 0 Å². The third kappa shape index (κ3) is 7.22. The summed E-state index contributed by atoms with van der Waals surface area (Å²) < 4.78 is 4.79. The fourth-order valence-corrected chi connectivity index (χ4v) is 5.01. The fourth-order valence-electron chi connectivity index (χ4n) is 5.01. The highest BCUT2D eigenvalue weighted by Crippen LogP contribution is 2.19. The highest BCUT2D eigenvalue weighted by Gasteiger charge is 2.22. The van der Waals surface area contributed by atoms with Crippen LogP contribution in [0.2, 0.25) is 0 Å². The number of carbonyl (C=O) groups excluding carboxylic acids is 1. The predicted octanol–water partition coefficient (Wildman–Crippen LogP) is 3.02. The van der Waals surface area contributed by atoms with Crippen LogP contribution in [0.1, 0.15) is 50.1 Å². The molecule has 2 aromatic carbocycles. The lowest BCUT2D eigenvalue weighted by molar-refractivity contribution is -0.138. The minimum atomic E-state index is -1.04. The van der Waals surface area contributed by atoms with Crippen molar-refractivity contribution in [3.05, 3.63) is 92.4 Å². The molecule has 222 valence electrons. The van der Waals surface area contributed by atoms with Gasteiger partial charge in [0.05, 0.1) is 6.42 Å². The third-order valence-corrected chi connectivity index (χ3v) is 7.07. The smallest absolute Gasteiger partial charge is 0.332 e. The van der Waals surface area contributed by atoms with Gasteiger partial charge in [0.1, 0.15) is 5.82 Å². The maximum Gasteiger partial charge on any atom is 0.332 e. The molecule has 11 nitrogen and oxygen atoms in total. The van der Waals surface area contributed by atoms with Crippen LogP contribution in [0.15, 0.2) is 64.2 Å². The van der Waals surface area contributed by atoms with Gasteiger partial charge in [0.15, 0.2) is 11.2 Å². The van der Waals surface area contributed by atoms with E-state index in [0.717, 1.165) is 17.7 Å². The molecule has 2 heterocycles. The van der Waals surface area contributed by atoms with E-state index in [2.05, 4.69) is 10.6 Å². The van der Waals surface area contributed by atoms with Crippen LogP contribution in [-0.2, 0) is 42.1 Å². The molecule has 2 aromatic heterocycles. The monoisotopic (exact) mass is 574 g/mol. The van der Waals surface area contributed by atoms with Crippen molar-refractivity contribution in [2.45, 2.75) is 65.6 Å². The molecule has 0 saturated carbocycles. The van der Waals surface area contributed by atoms with E-state index in [-0.39, 0.29) is 31.5 Å². The molecule has 1 amide bonds. The van der Waals surface area contributed by atoms with Crippen LogP contribution in [0.25, 0.3) is 11.2 Å². The van der Waals surface area contributed by atoms with E-state index >= 15 is 0 Å². The molecule has 0 aliphatic rings. The summed E-state index contributed by atoms with van der Waals surface area (Å²) in [6, 6.07) is 17.1. The Labute approximate surface area is 243 Å². The number of aromatic nitrogens is 4. The molecule has 0 fully saturated rings. The maximum absolute atomic E-state index is 13.7. The van der Waals surface area contributed by atoms with E-state index in [0.29, 0.717) is 55.0 Å². The number of carboxylic acids is 1. The van der Waals surface area contributed by atoms with Crippen molar-refractivity contribution in [2.24, 2.45) is 0 Å². The van der Waals surface area contributed by atoms with Gasteiger partial charge in [-0.15, -0.1) is 0 Å². The lowest BCUT2D eigenvalue weighted by Gasteiger charge is -2.14. The number of amides is 1. The summed E-state index contributed by atoms with van der Waals surface area (Å²) in [6.45, 7) is 6.43. The van der Waals surface area contributed by atoms with Gasteiger partial charge in [-0.3, -0.25) is 23.5 Å². The number of anilines is 1. The molecular formula is C31H38N6O5. The van der Waals surface area contributed by atoms with Crippen LogP contribution < -0.4 is 21.9 Å². The van der Waals surface area contributed by atoms with Crippen molar-refractivity contribution in [1.29, 1.82) is 0 Å². The molecule has 0 saturated heterocycles. The van der Waals surface area contributed by atoms with Crippen LogP contribution in [0.5, 0.6) is 0 Å². The van der Waals surface area contributed by atoms with Crippen molar-refractivity contribution in [3.63, 3.8) is 0 Å². The number of benzene rings is 2. The number of aryl methyl sites for hydroxylation is 2. The first-order valence-electron chi connectivity index (χ1n) is 14.4. The van der Waals surface area contributed by atoms with E-state index in [9.17, 15) is 19.2 Å². The van der Waals surface area contributed by atoms with Gasteiger partial charge >= 0.3 is 11.7 Å². The Morgan fingerprint density at radius 2 is 1.62 bits per heavy atom. The van der Waals surface area contributed by atoms with Crippen molar-refractivity contribution in [1.82, 2.24) is 24.0 Å². The molecule has 3 N–H and O–H groups in total. The van der Waals surface area contributed by atoms with E-state index in [1.54, 1.807) is 16.7 Å². The van der Waals surface area contributed by atoms with Crippen LogP contribution in [0, 0.1) is 0 Å². The Morgan fingerprint density at radius 3 is 2.33 bits per heavy atom. The summed E-state index contributed by atoms with van der Waals surface area (Å²) in [6.07, 6.45) is 1.11. The Hall–Kier alpha value is -4.51. The highest BCUT2D eigenvalue weighted by atomic mass is 16.4. The summed E-state index contributed by atoms with van der Waals surface area (Å²) >= 11 is 0. The molecule has 4 rings (SSSR count). The Bertz CT molecular complexity index is 1650. The zero-order chi connectivity index (χ0) is 30.1. The second kappa shape index (κ2) is 14.4. The largest absolute Gasteiger partial charge is 0.481 e. The second-order valence-electron chi connectivity index (χ2n) is 10.1. The molecule has 11 heteroatoms. The number of carboxylic acid groups (broad SMARTS) is 1. The number of aliphatic carboxylic acids is 1. The third-order valence-electron chi connectivity index (χ3n) is 7.07. The van der Waals surface area contributed by atoms with Gasteiger partial charge in [-0.05, 0) is 36.6 Å². The van der Waals surface area contributed by atoms with E-state index < -0.39 is 17.6 Å².